The predicted molar refractivity (Wildman–Crippen MR) is 98.4 cm³/mol. The van der Waals surface area contributed by atoms with E-state index in [0.717, 1.165) is 19.4 Å². The molecule has 1 rings (SSSR count). The van der Waals surface area contributed by atoms with Gasteiger partial charge in [-0.25, -0.2) is 0 Å². The van der Waals surface area contributed by atoms with Gasteiger partial charge in [0.05, 0.1) is 0 Å². The van der Waals surface area contributed by atoms with Gasteiger partial charge in [-0.15, -0.1) is 0 Å². The molecule has 0 heterocycles. The highest BCUT2D eigenvalue weighted by Crippen LogP contribution is 2.11. The van der Waals surface area contributed by atoms with Crippen LogP contribution < -0.4 is 0 Å². The molecule has 21 heavy (non-hydrogen) atoms. The zero-order valence-corrected chi connectivity index (χ0v) is 15.6. The van der Waals surface area contributed by atoms with Gasteiger partial charge in [-0.05, 0) is 58.7 Å². The normalized spacial score (nSPS) is 13.7. The van der Waals surface area contributed by atoms with E-state index in [2.05, 4.69) is 79.0 Å². The molecule has 118 valence electrons. The third-order valence-electron chi connectivity index (χ3n) is 3.78. The highest BCUT2D eigenvalue weighted by molar-refractivity contribution is 9.09. The maximum atomic E-state index is 3.60. The lowest BCUT2D eigenvalue weighted by Crippen LogP contribution is -2.20. The second-order valence-corrected chi connectivity index (χ2v) is 7.79. The van der Waals surface area contributed by atoms with Crippen LogP contribution in [0.4, 0.5) is 0 Å². The molecular formula is C19H30BrN. The number of allylic oxidation sites excluding steroid dienone is 1. The first-order valence-corrected chi connectivity index (χ1v) is 8.92. The molecule has 0 saturated carbocycles. The number of hydrogen-bond donors (Lipinski definition) is 0. The Bertz CT molecular complexity index is 437. The van der Waals surface area contributed by atoms with Gasteiger partial charge in [0.2, 0.25) is 0 Å². The first-order valence-electron chi connectivity index (χ1n) is 8.01. The number of benzene rings is 1. The van der Waals surface area contributed by atoms with Crippen molar-refractivity contribution in [2.75, 3.05) is 20.1 Å². The van der Waals surface area contributed by atoms with E-state index >= 15 is 0 Å². The quantitative estimate of drug-likeness (QED) is 0.427. The van der Waals surface area contributed by atoms with E-state index in [0.29, 0.717) is 4.83 Å². The highest BCUT2D eigenvalue weighted by atomic mass is 79.9. The molecule has 0 saturated heterocycles. The van der Waals surface area contributed by atoms with Crippen molar-refractivity contribution < 1.29 is 0 Å². The van der Waals surface area contributed by atoms with Crippen LogP contribution in [0.2, 0.25) is 0 Å². The zero-order valence-electron chi connectivity index (χ0n) is 14.0. The lowest BCUT2D eigenvalue weighted by molar-refractivity contribution is 0.359. The smallest absolute Gasteiger partial charge is 0.0162 e. The molecule has 0 amide bonds. The van der Waals surface area contributed by atoms with E-state index in [-0.39, 0.29) is 0 Å². The summed E-state index contributed by atoms with van der Waals surface area (Å²) < 4.78 is 0. The maximum Gasteiger partial charge on any atom is 0.0162 e. The van der Waals surface area contributed by atoms with Crippen molar-refractivity contribution in [3.63, 3.8) is 0 Å². The number of nitrogens with zero attached hydrogens (tertiary/aromatic N) is 1. The van der Waals surface area contributed by atoms with Crippen molar-refractivity contribution in [3.8, 4) is 0 Å². The summed E-state index contributed by atoms with van der Waals surface area (Å²) in [6.45, 7) is 8.88. The van der Waals surface area contributed by atoms with Crippen LogP contribution in [0.1, 0.15) is 44.2 Å². The second kappa shape index (κ2) is 10.2. The van der Waals surface area contributed by atoms with E-state index < -0.39 is 0 Å². The number of hydrogen-bond acceptors (Lipinski definition) is 1. The maximum absolute atomic E-state index is 3.60. The predicted octanol–water partition coefficient (Wildman–Crippen LogP) is 5.37. The zero-order chi connectivity index (χ0) is 15.7. The van der Waals surface area contributed by atoms with Gasteiger partial charge in [0.15, 0.2) is 0 Å². The fraction of sp³-hybridized carbons (Fsp3) is 0.579. The van der Waals surface area contributed by atoms with Crippen LogP contribution in [0.5, 0.6) is 0 Å². The average Bonchev–Trinajstić information content (AvgIpc) is 2.42. The summed E-state index contributed by atoms with van der Waals surface area (Å²) in [7, 11) is 2.21. The summed E-state index contributed by atoms with van der Waals surface area (Å²) in [5, 5.41) is 0. The van der Waals surface area contributed by atoms with E-state index in [1.807, 2.05) is 0 Å². The molecule has 1 aromatic rings. The number of aryl methyl sites for hydroxylation is 2. The van der Waals surface area contributed by atoms with Gasteiger partial charge in [0.1, 0.15) is 0 Å². The molecule has 1 atom stereocenters. The van der Waals surface area contributed by atoms with Crippen molar-refractivity contribution >= 4 is 15.9 Å². The van der Waals surface area contributed by atoms with Crippen LogP contribution in [0.15, 0.2) is 35.9 Å². The summed E-state index contributed by atoms with van der Waals surface area (Å²) in [6, 6.07) is 8.84. The third-order valence-corrected chi connectivity index (χ3v) is 4.24. The number of alkyl halides is 1. The standard InChI is InChI=1S/C19H30BrN/c1-16(10-11-19-9-5-7-17(2)15-19)12-14-21(4)13-6-8-18(3)20/h5,7,9,12,15,18H,6,8,10-11,13-14H2,1-4H3/b16-12+. The lowest BCUT2D eigenvalue weighted by Gasteiger charge is -2.15. The van der Waals surface area contributed by atoms with Gasteiger partial charge in [0, 0.05) is 11.4 Å². The summed E-state index contributed by atoms with van der Waals surface area (Å²) in [4.78, 5) is 3.04. The monoisotopic (exact) mass is 351 g/mol. The fourth-order valence-electron chi connectivity index (χ4n) is 2.36. The summed E-state index contributed by atoms with van der Waals surface area (Å²) in [5.41, 5.74) is 4.30. The summed E-state index contributed by atoms with van der Waals surface area (Å²) in [6.07, 6.45) is 7.21. The number of rotatable bonds is 9. The molecule has 1 nitrogen and oxygen atoms in total. The van der Waals surface area contributed by atoms with Crippen LogP contribution in [-0.4, -0.2) is 29.9 Å². The molecule has 0 spiro atoms. The Morgan fingerprint density at radius 3 is 2.81 bits per heavy atom. The molecule has 0 aliphatic heterocycles. The second-order valence-electron chi connectivity index (χ2n) is 6.22. The average molecular weight is 352 g/mol. The van der Waals surface area contributed by atoms with Crippen molar-refractivity contribution in [1.29, 1.82) is 0 Å². The first kappa shape index (κ1) is 18.4. The van der Waals surface area contributed by atoms with Crippen LogP contribution in [0.25, 0.3) is 0 Å². The van der Waals surface area contributed by atoms with Crippen LogP contribution >= 0.6 is 15.9 Å². The van der Waals surface area contributed by atoms with Crippen molar-refractivity contribution in [1.82, 2.24) is 4.90 Å². The molecule has 0 radical (unpaired) electrons. The molecule has 1 unspecified atom stereocenters. The Morgan fingerprint density at radius 1 is 1.38 bits per heavy atom. The van der Waals surface area contributed by atoms with Crippen molar-refractivity contribution in [2.24, 2.45) is 0 Å². The van der Waals surface area contributed by atoms with Crippen molar-refractivity contribution in [3.05, 3.63) is 47.0 Å². The summed E-state index contributed by atoms with van der Waals surface area (Å²) in [5.74, 6) is 0. The van der Waals surface area contributed by atoms with E-state index in [1.54, 1.807) is 0 Å². The Hall–Kier alpha value is -0.600. The third kappa shape index (κ3) is 9.10. The lowest BCUT2D eigenvalue weighted by atomic mass is 10.0. The molecule has 0 aliphatic rings. The molecule has 0 fully saturated rings. The summed E-state index contributed by atoms with van der Waals surface area (Å²) >= 11 is 3.60. The minimum absolute atomic E-state index is 0.637. The number of likely N-dealkylation sites (N-methyl/N-ethyl adjacent to an activating group) is 1. The highest BCUT2D eigenvalue weighted by Gasteiger charge is 2.00. The van der Waals surface area contributed by atoms with Crippen molar-refractivity contribution in [2.45, 2.75) is 51.3 Å². The topological polar surface area (TPSA) is 3.24 Å². The Kier molecular flexibility index (Phi) is 8.94. The van der Waals surface area contributed by atoms with Gasteiger partial charge in [-0.3, -0.25) is 0 Å². The Morgan fingerprint density at radius 2 is 2.14 bits per heavy atom. The SMILES string of the molecule is C/C(=C\CN(C)CCCC(C)Br)CCc1cccc(C)c1. The van der Waals surface area contributed by atoms with Gasteiger partial charge >= 0.3 is 0 Å². The van der Waals surface area contributed by atoms with Gasteiger partial charge in [0.25, 0.3) is 0 Å². The van der Waals surface area contributed by atoms with E-state index in [1.165, 1.54) is 36.1 Å². The minimum Gasteiger partial charge on any atom is -0.303 e. The van der Waals surface area contributed by atoms with Gasteiger partial charge in [-0.2, -0.15) is 0 Å². The van der Waals surface area contributed by atoms with Gasteiger partial charge in [-0.1, -0.05) is 64.3 Å². The molecular weight excluding hydrogens is 322 g/mol. The molecule has 0 N–H and O–H groups in total. The number of halogens is 1. The molecule has 0 aliphatic carbocycles. The molecule has 0 bridgehead atoms. The van der Waals surface area contributed by atoms with E-state index in [9.17, 15) is 0 Å². The van der Waals surface area contributed by atoms with Crippen LogP contribution in [0, 0.1) is 6.92 Å². The molecule has 2 heteroatoms. The molecule has 0 aromatic heterocycles. The first-order chi connectivity index (χ1) is 9.97. The van der Waals surface area contributed by atoms with Crippen LogP contribution in [-0.2, 0) is 6.42 Å². The fourth-order valence-corrected chi connectivity index (χ4v) is 2.68. The van der Waals surface area contributed by atoms with E-state index in [4.69, 9.17) is 0 Å². The minimum atomic E-state index is 0.637. The Labute approximate surface area is 139 Å². The van der Waals surface area contributed by atoms with Crippen LogP contribution in [0.3, 0.4) is 0 Å². The largest absolute Gasteiger partial charge is 0.303 e. The molecule has 1 aromatic carbocycles. The Balaban J connectivity index is 2.26. The van der Waals surface area contributed by atoms with Gasteiger partial charge < -0.3 is 4.90 Å².